The second-order valence-electron chi connectivity index (χ2n) is 7.23. The van der Waals surface area contributed by atoms with Gasteiger partial charge in [-0.3, -0.25) is 14.8 Å². The van der Waals surface area contributed by atoms with Crippen LogP contribution < -0.4 is 14.8 Å². The molecular weight excluding hydrogens is 446 g/mol. The molecule has 0 aliphatic rings. The van der Waals surface area contributed by atoms with Gasteiger partial charge in [-0.15, -0.1) is 0 Å². The minimum absolute atomic E-state index is 0.0607. The molecule has 1 amide bonds. The normalized spacial score (nSPS) is 11.3. The van der Waals surface area contributed by atoms with E-state index in [0.717, 1.165) is 21.3 Å². The summed E-state index contributed by atoms with van der Waals surface area (Å²) in [5, 5.41) is 3.24. The van der Waals surface area contributed by atoms with Crippen LogP contribution in [-0.2, 0) is 10.0 Å². The summed E-state index contributed by atoms with van der Waals surface area (Å²) in [7, 11) is -2.39. The van der Waals surface area contributed by atoms with E-state index in [4.69, 9.17) is 4.74 Å². The third-order valence-electron chi connectivity index (χ3n) is 4.84. The Balaban J connectivity index is 1.60. The van der Waals surface area contributed by atoms with Gasteiger partial charge in [-0.1, -0.05) is 29.5 Å². The van der Waals surface area contributed by atoms with Gasteiger partial charge in [-0.2, -0.15) is 0 Å². The Kier molecular flexibility index (Phi) is 5.86. The minimum atomic E-state index is -3.90. The van der Waals surface area contributed by atoms with Gasteiger partial charge in [0.2, 0.25) is 0 Å². The first-order valence-corrected chi connectivity index (χ1v) is 12.0. The number of carbonyl (C=O) groups is 1. The van der Waals surface area contributed by atoms with Crippen molar-refractivity contribution >= 4 is 48.3 Å². The molecule has 0 radical (unpaired) electrons. The van der Waals surface area contributed by atoms with Gasteiger partial charge in [0.25, 0.3) is 15.9 Å². The van der Waals surface area contributed by atoms with Crippen LogP contribution in [0.3, 0.4) is 0 Å². The molecule has 1 aromatic heterocycles. The Morgan fingerprint density at radius 3 is 2.47 bits per heavy atom. The number of anilines is 2. The number of benzene rings is 3. The maximum atomic E-state index is 13.0. The molecule has 4 rings (SSSR count). The number of hydrogen-bond acceptors (Lipinski definition) is 6. The third-order valence-corrected chi connectivity index (χ3v) is 7.14. The van der Waals surface area contributed by atoms with E-state index in [9.17, 15) is 13.2 Å². The zero-order chi connectivity index (χ0) is 22.9. The maximum Gasteiger partial charge on any atom is 0.261 e. The molecule has 2 N–H and O–H groups in total. The second-order valence-corrected chi connectivity index (χ2v) is 9.94. The molecule has 7 nitrogen and oxygen atoms in total. The molecule has 0 fully saturated rings. The number of sulfonamides is 1. The molecule has 0 unspecified atom stereocenters. The Morgan fingerprint density at radius 1 is 1.03 bits per heavy atom. The van der Waals surface area contributed by atoms with Crippen molar-refractivity contribution in [2.75, 3.05) is 17.1 Å². The van der Waals surface area contributed by atoms with Gasteiger partial charge in [-0.05, 0) is 67.4 Å². The first-order valence-electron chi connectivity index (χ1n) is 9.72. The molecule has 0 atom stereocenters. The summed E-state index contributed by atoms with van der Waals surface area (Å²) < 4.78 is 34.2. The molecule has 1 heterocycles. The molecule has 0 bridgehead atoms. The number of carbonyl (C=O) groups excluding carboxylic acids is 1. The average Bonchev–Trinajstić information content (AvgIpc) is 3.16. The van der Waals surface area contributed by atoms with Crippen molar-refractivity contribution in [3.05, 3.63) is 77.4 Å². The molecule has 0 saturated carbocycles. The van der Waals surface area contributed by atoms with E-state index in [2.05, 4.69) is 15.0 Å². The fraction of sp³-hybridized carbons (Fsp3) is 0.130. The third kappa shape index (κ3) is 4.44. The van der Waals surface area contributed by atoms with Crippen LogP contribution in [0, 0.1) is 13.8 Å². The Bertz CT molecular complexity index is 1410. The van der Waals surface area contributed by atoms with Gasteiger partial charge in [0.1, 0.15) is 5.75 Å². The molecule has 4 aromatic rings. The van der Waals surface area contributed by atoms with E-state index in [1.54, 1.807) is 36.4 Å². The van der Waals surface area contributed by atoms with Gasteiger partial charge < -0.3 is 4.74 Å². The fourth-order valence-corrected chi connectivity index (χ4v) is 5.43. The van der Waals surface area contributed by atoms with Crippen LogP contribution in [0.4, 0.5) is 10.8 Å². The van der Waals surface area contributed by atoms with E-state index in [0.29, 0.717) is 10.9 Å². The molecule has 3 aromatic carbocycles. The lowest BCUT2D eigenvalue weighted by molar-refractivity contribution is 0.102. The van der Waals surface area contributed by atoms with Crippen molar-refractivity contribution in [1.29, 1.82) is 0 Å². The number of thiazole rings is 1. The number of aryl methyl sites for hydroxylation is 2. The summed E-state index contributed by atoms with van der Waals surface area (Å²) >= 11 is 1.37. The van der Waals surface area contributed by atoms with Gasteiger partial charge in [-0.25, -0.2) is 13.4 Å². The molecule has 164 valence electrons. The van der Waals surface area contributed by atoms with Crippen LogP contribution in [0.15, 0.2) is 65.6 Å². The standard InChI is InChI=1S/C23H21N3O4S2/c1-14-12-15(2)21-20(13-14)31-23(24-21)25-22(27)18-6-4-5-7-19(18)26-32(28,29)17-10-8-16(30-3)9-11-17/h4-13,26H,1-3H3,(H,24,25,27). The Hall–Kier alpha value is -3.43. The van der Waals surface area contributed by atoms with E-state index in [1.807, 2.05) is 26.0 Å². The predicted octanol–water partition coefficient (Wildman–Crippen LogP) is 4.97. The molecule has 32 heavy (non-hydrogen) atoms. The number of amides is 1. The monoisotopic (exact) mass is 467 g/mol. The smallest absolute Gasteiger partial charge is 0.261 e. The highest BCUT2D eigenvalue weighted by molar-refractivity contribution is 7.92. The molecule has 0 aliphatic carbocycles. The lowest BCUT2D eigenvalue weighted by Gasteiger charge is -2.12. The van der Waals surface area contributed by atoms with E-state index in [-0.39, 0.29) is 16.1 Å². The highest BCUT2D eigenvalue weighted by Crippen LogP contribution is 2.30. The maximum absolute atomic E-state index is 13.0. The van der Waals surface area contributed by atoms with E-state index in [1.165, 1.54) is 30.6 Å². The highest BCUT2D eigenvalue weighted by Gasteiger charge is 2.20. The highest BCUT2D eigenvalue weighted by atomic mass is 32.2. The minimum Gasteiger partial charge on any atom is -0.497 e. The van der Waals surface area contributed by atoms with Crippen LogP contribution >= 0.6 is 11.3 Å². The van der Waals surface area contributed by atoms with Crippen molar-refractivity contribution < 1.29 is 17.9 Å². The quantitative estimate of drug-likeness (QED) is 0.417. The summed E-state index contributed by atoms with van der Waals surface area (Å²) in [6.07, 6.45) is 0. The fourth-order valence-electron chi connectivity index (χ4n) is 3.32. The Morgan fingerprint density at radius 2 is 1.75 bits per heavy atom. The first-order chi connectivity index (χ1) is 15.3. The number of nitrogens with one attached hydrogen (secondary N) is 2. The SMILES string of the molecule is COc1ccc(S(=O)(=O)Nc2ccccc2C(=O)Nc2nc3c(C)cc(C)cc3s2)cc1. The topological polar surface area (TPSA) is 97.4 Å². The van der Waals surface area contributed by atoms with Crippen LogP contribution in [0.5, 0.6) is 5.75 Å². The summed E-state index contributed by atoms with van der Waals surface area (Å²) in [6, 6.07) is 16.5. The van der Waals surface area contributed by atoms with Gasteiger partial charge in [0.05, 0.1) is 33.5 Å². The van der Waals surface area contributed by atoms with Crippen LogP contribution in [0.1, 0.15) is 21.5 Å². The van der Waals surface area contributed by atoms with Crippen molar-refractivity contribution in [2.24, 2.45) is 0 Å². The summed E-state index contributed by atoms with van der Waals surface area (Å²) in [5.41, 5.74) is 3.36. The van der Waals surface area contributed by atoms with Crippen molar-refractivity contribution in [3.8, 4) is 5.75 Å². The zero-order valence-corrected chi connectivity index (χ0v) is 19.3. The van der Waals surface area contributed by atoms with Gasteiger partial charge in [0.15, 0.2) is 5.13 Å². The largest absolute Gasteiger partial charge is 0.497 e. The summed E-state index contributed by atoms with van der Waals surface area (Å²) in [6.45, 7) is 3.99. The Labute approximate surface area is 190 Å². The summed E-state index contributed by atoms with van der Waals surface area (Å²) in [5.74, 6) is 0.0939. The molecule has 0 saturated heterocycles. The van der Waals surface area contributed by atoms with Crippen molar-refractivity contribution in [2.45, 2.75) is 18.7 Å². The number of ether oxygens (including phenoxy) is 1. The number of rotatable bonds is 6. The van der Waals surface area contributed by atoms with Crippen LogP contribution in [0.2, 0.25) is 0 Å². The van der Waals surface area contributed by atoms with Crippen molar-refractivity contribution in [3.63, 3.8) is 0 Å². The lowest BCUT2D eigenvalue weighted by atomic mass is 10.1. The number of para-hydroxylation sites is 1. The number of fused-ring (bicyclic) bond motifs is 1. The average molecular weight is 468 g/mol. The van der Waals surface area contributed by atoms with Crippen LogP contribution in [0.25, 0.3) is 10.2 Å². The second kappa shape index (κ2) is 8.60. The van der Waals surface area contributed by atoms with Crippen molar-refractivity contribution in [1.82, 2.24) is 4.98 Å². The molecular formula is C23H21N3O4S2. The molecule has 9 heteroatoms. The lowest BCUT2D eigenvalue weighted by Crippen LogP contribution is -2.18. The number of hydrogen-bond donors (Lipinski definition) is 2. The molecule has 0 spiro atoms. The van der Waals surface area contributed by atoms with E-state index < -0.39 is 15.9 Å². The number of aromatic nitrogens is 1. The predicted molar refractivity (Wildman–Crippen MR) is 127 cm³/mol. The first kappa shape index (κ1) is 21.8. The summed E-state index contributed by atoms with van der Waals surface area (Å²) in [4.78, 5) is 17.6. The van der Waals surface area contributed by atoms with E-state index >= 15 is 0 Å². The number of nitrogens with zero attached hydrogens (tertiary/aromatic N) is 1. The molecule has 0 aliphatic heterocycles. The van der Waals surface area contributed by atoms with Crippen LogP contribution in [-0.4, -0.2) is 26.4 Å². The van der Waals surface area contributed by atoms with Gasteiger partial charge >= 0.3 is 0 Å². The zero-order valence-electron chi connectivity index (χ0n) is 17.7. The van der Waals surface area contributed by atoms with Gasteiger partial charge in [0, 0.05) is 0 Å². The number of methoxy groups -OCH3 is 1.